The number of carbonyl (C=O) groups excluding carboxylic acids is 1. The molecule has 3 aromatic carbocycles. The van der Waals surface area contributed by atoms with E-state index < -0.39 is 27.2 Å². The van der Waals surface area contributed by atoms with E-state index in [9.17, 15) is 25.0 Å². The first-order valence-electron chi connectivity index (χ1n) is 8.66. The Morgan fingerprint density at radius 3 is 1.66 bits per heavy atom. The third-order valence-electron chi connectivity index (χ3n) is 4.34. The minimum Gasteiger partial charge on any atom is -0.461 e. The van der Waals surface area contributed by atoms with Crippen molar-refractivity contribution in [1.82, 2.24) is 0 Å². The Morgan fingerprint density at radius 1 is 0.793 bits per heavy atom. The molecule has 0 amide bonds. The largest absolute Gasteiger partial charge is 0.461 e. The maximum Gasteiger partial charge on any atom is 0.338 e. The second-order valence-electron chi connectivity index (χ2n) is 6.22. The van der Waals surface area contributed by atoms with E-state index in [4.69, 9.17) is 4.74 Å². The van der Waals surface area contributed by atoms with Crippen LogP contribution < -0.4 is 0 Å². The normalized spacial score (nSPS) is 10.5. The van der Waals surface area contributed by atoms with E-state index >= 15 is 0 Å². The lowest BCUT2D eigenvalue weighted by atomic mass is 9.92. The molecule has 0 aliphatic rings. The van der Waals surface area contributed by atoms with Crippen molar-refractivity contribution in [1.29, 1.82) is 0 Å². The van der Waals surface area contributed by atoms with Gasteiger partial charge >= 0.3 is 5.97 Å². The average molecular weight is 392 g/mol. The maximum absolute atomic E-state index is 12.5. The third-order valence-corrected chi connectivity index (χ3v) is 4.34. The van der Waals surface area contributed by atoms with Gasteiger partial charge in [-0.25, -0.2) is 4.79 Å². The topological polar surface area (TPSA) is 113 Å². The molecule has 8 nitrogen and oxygen atoms in total. The van der Waals surface area contributed by atoms with Gasteiger partial charge in [0.25, 0.3) is 11.4 Å². The molecule has 0 aliphatic carbocycles. The van der Waals surface area contributed by atoms with Crippen LogP contribution in [0.25, 0.3) is 0 Å². The van der Waals surface area contributed by atoms with E-state index in [0.29, 0.717) is 0 Å². The Bertz CT molecular complexity index is 966. The molecule has 3 aromatic rings. The monoisotopic (exact) mass is 392 g/mol. The lowest BCUT2D eigenvalue weighted by Gasteiger charge is -2.18. The number of non-ortho nitro benzene ring substituents is 2. The molecule has 29 heavy (non-hydrogen) atoms. The number of ether oxygens (including phenoxy) is 1. The molecule has 0 fully saturated rings. The fourth-order valence-electron chi connectivity index (χ4n) is 2.92. The summed E-state index contributed by atoms with van der Waals surface area (Å²) >= 11 is 0. The van der Waals surface area contributed by atoms with E-state index in [0.717, 1.165) is 29.3 Å². The average Bonchev–Trinajstić information content (AvgIpc) is 2.75. The van der Waals surface area contributed by atoms with Crippen LogP contribution in [-0.4, -0.2) is 22.4 Å². The molecule has 0 bridgehead atoms. The minimum absolute atomic E-state index is 0.0245. The first kappa shape index (κ1) is 19.7. The number of nitro benzene ring substituents is 2. The number of rotatable bonds is 7. The highest BCUT2D eigenvalue weighted by Gasteiger charge is 2.22. The summed E-state index contributed by atoms with van der Waals surface area (Å²) in [5.74, 6) is -1.12. The molecule has 146 valence electrons. The molecule has 0 unspecified atom stereocenters. The first-order valence-corrected chi connectivity index (χ1v) is 8.66. The summed E-state index contributed by atoms with van der Waals surface area (Å²) in [6.07, 6.45) is 0. The number of hydrogen-bond acceptors (Lipinski definition) is 6. The first-order chi connectivity index (χ1) is 14.0. The van der Waals surface area contributed by atoms with Crippen LogP contribution in [0.15, 0.2) is 78.9 Å². The Kier molecular flexibility index (Phi) is 5.94. The zero-order chi connectivity index (χ0) is 20.8. The van der Waals surface area contributed by atoms with E-state index in [2.05, 4.69) is 0 Å². The standard InChI is InChI=1S/C21H16N2O6/c24-21(17-11-18(22(25)26)13-19(12-17)23(27)28)29-14-20(15-7-3-1-4-8-15)16-9-5-2-6-10-16/h1-13,20H,14H2. The zero-order valence-electron chi connectivity index (χ0n) is 15.1. The van der Waals surface area contributed by atoms with E-state index in [-0.39, 0.29) is 18.1 Å². The zero-order valence-corrected chi connectivity index (χ0v) is 15.1. The number of nitrogens with zero attached hydrogens (tertiary/aromatic N) is 2. The van der Waals surface area contributed by atoms with Crippen LogP contribution in [0.3, 0.4) is 0 Å². The van der Waals surface area contributed by atoms with E-state index in [1.807, 2.05) is 60.7 Å². The van der Waals surface area contributed by atoms with Gasteiger partial charge in [-0.05, 0) is 11.1 Å². The summed E-state index contributed by atoms with van der Waals surface area (Å²) in [4.78, 5) is 32.9. The van der Waals surface area contributed by atoms with Gasteiger partial charge in [-0.3, -0.25) is 20.2 Å². The van der Waals surface area contributed by atoms with Crippen LogP contribution in [0.1, 0.15) is 27.4 Å². The number of carbonyl (C=O) groups is 1. The van der Waals surface area contributed by atoms with Crippen molar-refractivity contribution in [2.45, 2.75) is 5.92 Å². The fraction of sp³-hybridized carbons (Fsp3) is 0.0952. The van der Waals surface area contributed by atoms with Gasteiger partial charge in [0.2, 0.25) is 0 Å². The molecule has 3 rings (SSSR count). The Hall–Kier alpha value is -4.07. The van der Waals surface area contributed by atoms with Crippen LogP contribution in [0.2, 0.25) is 0 Å². The minimum atomic E-state index is -0.867. The maximum atomic E-state index is 12.5. The molecule has 0 spiro atoms. The van der Waals surface area contributed by atoms with Gasteiger partial charge in [0.1, 0.15) is 6.61 Å². The molecule has 0 aliphatic heterocycles. The van der Waals surface area contributed by atoms with E-state index in [1.165, 1.54) is 0 Å². The highest BCUT2D eigenvalue weighted by molar-refractivity contribution is 5.91. The van der Waals surface area contributed by atoms with Crippen molar-refractivity contribution in [2.24, 2.45) is 0 Å². The molecule has 0 heterocycles. The second kappa shape index (κ2) is 8.75. The van der Waals surface area contributed by atoms with E-state index in [1.54, 1.807) is 0 Å². The van der Waals surface area contributed by atoms with Crippen molar-refractivity contribution < 1.29 is 19.4 Å². The fourth-order valence-corrected chi connectivity index (χ4v) is 2.92. The summed E-state index contributed by atoms with van der Waals surface area (Å²) in [5, 5.41) is 22.0. The molecule has 0 N–H and O–H groups in total. The highest BCUT2D eigenvalue weighted by Crippen LogP contribution is 2.27. The lowest BCUT2D eigenvalue weighted by molar-refractivity contribution is -0.394. The second-order valence-corrected chi connectivity index (χ2v) is 6.22. The molecule has 0 saturated carbocycles. The van der Waals surface area contributed by atoms with Crippen molar-refractivity contribution >= 4 is 17.3 Å². The van der Waals surface area contributed by atoms with Crippen LogP contribution in [0.5, 0.6) is 0 Å². The van der Waals surface area contributed by atoms with Gasteiger partial charge in [0.15, 0.2) is 0 Å². The van der Waals surface area contributed by atoms with Gasteiger partial charge in [0.05, 0.1) is 21.5 Å². The van der Waals surface area contributed by atoms with Gasteiger partial charge in [0, 0.05) is 18.1 Å². The van der Waals surface area contributed by atoms with Crippen LogP contribution >= 0.6 is 0 Å². The summed E-state index contributed by atoms with van der Waals surface area (Å²) in [7, 11) is 0. The predicted molar refractivity (Wildman–Crippen MR) is 105 cm³/mol. The van der Waals surface area contributed by atoms with Crippen LogP contribution in [0, 0.1) is 20.2 Å². The third kappa shape index (κ3) is 4.81. The summed E-state index contributed by atoms with van der Waals surface area (Å²) in [5.41, 5.74) is 0.515. The Balaban J connectivity index is 1.86. The van der Waals surface area contributed by atoms with Crippen LogP contribution in [0.4, 0.5) is 11.4 Å². The van der Waals surface area contributed by atoms with Crippen LogP contribution in [-0.2, 0) is 4.74 Å². The lowest BCUT2D eigenvalue weighted by Crippen LogP contribution is -2.14. The van der Waals surface area contributed by atoms with Crippen molar-refractivity contribution in [3.63, 3.8) is 0 Å². The molecular weight excluding hydrogens is 376 g/mol. The molecule has 0 saturated heterocycles. The van der Waals surface area contributed by atoms with Crippen molar-refractivity contribution in [3.8, 4) is 0 Å². The SMILES string of the molecule is O=C(OCC(c1ccccc1)c1ccccc1)c1cc([N+](=O)[O-])cc([N+](=O)[O-])c1. The molecule has 0 atom stereocenters. The number of esters is 1. The number of hydrogen-bond donors (Lipinski definition) is 0. The number of benzene rings is 3. The Labute approximate surface area is 165 Å². The highest BCUT2D eigenvalue weighted by atomic mass is 16.6. The Morgan fingerprint density at radius 2 is 1.24 bits per heavy atom. The van der Waals surface area contributed by atoms with Gasteiger partial charge < -0.3 is 4.74 Å². The summed E-state index contributed by atoms with van der Waals surface area (Å²) in [6, 6.07) is 21.6. The van der Waals surface area contributed by atoms with Gasteiger partial charge in [-0.1, -0.05) is 60.7 Å². The molecular formula is C21H16N2O6. The predicted octanol–water partition coefficient (Wildman–Crippen LogP) is 4.49. The number of nitro groups is 2. The van der Waals surface area contributed by atoms with Crippen molar-refractivity contribution in [3.05, 3.63) is 116 Å². The van der Waals surface area contributed by atoms with Crippen molar-refractivity contribution in [2.75, 3.05) is 6.61 Å². The smallest absolute Gasteiger partial charge is 0.338 e. The molecule has 0 aromatic heterocycles. The molecule has 0 radical (unpaired) electrons. The van der Waals surface area contributed by atoms with Gasteiger partial charge in [-0.15, -0.1) is 0 Å². The summed E-state index contributed by atoms with van der Waals surface area (Å²) < 4.78 is 5.38. The quantitative estimate of drug-likeness (QED) is 0.332. The summed E-state index contributed by atoms with van der Waals surface area (Å²) in [6.45, 7) is -0.0245. The van der Waals surface area contributed by atoms with Gasteiger partial charge in [-0.2, -0.15) is 0 Å². The molecule has 8 heteroatoms.